The minimum absolute atomic E-state index is 1.04. The molecule has 10 heavy (non-hydrogen) atoms. The highest BCUT2D eigenvalue weighted by molar-refractivity contribution is 7.23. The van der Waals surface area contributed by atoms with Gasteiger partial charge in [0.2, 0.25) is 0 Å². The smallest absolute Gasteiger partial charge is 0.0541 e. The summed E-state index contributed by atoms with van der Waals surface area (Å²) >= 11 is 0. The van der Waals surface area contributed by atoms with Crippen LogP contribution in [0.25, 0.3) is 0 Å². The Kier molecular flexibility index (Phi) is 20.7. The van der Waals surface area contributed by atoms with Crippen molar-refractivity contribution in [3.05, 3.63) is 0 Å². The molecule has 0 aliphatic carbocycles. The van der Waals surface area contributed by atoms with Crippen LogP contribution >= 0.6 is 0 Å². The molecule has 0 nitrogen and oxygen atoms in total. The Bertz CT molecular complexity index is 29.8. The monoisotopic (exact) mass is 134 g/mol. The van der Waals surface area contributed by atoms with Crippen LogP contribution in [-0.2, 0) is 0 Å². The SMILES string of the molecule is CCCCC.[B][B][B]CC. The Morgan fingerprint density at radius 1 is 1.10 bits per heavy atom. The van der Waals surface area contributed by atoms with E-state index in [4.69, 9.17) is 7.74 Å². The van der Waals surface area contributed by atoms with E-state index in [9.17, 15) is 0 Å². The number of hydrogen-bond acceptors (Lipinski definition) is 0. The molecule has 0 aliphatic rings. The zero-order valence-electron chi connectivity index (χ0n) is 7.56. The Hall–Kier alpha value is 0.195. The lowest BCUT2D eigenvalue weighted by molar-refractivity contribution is 0.772. The second-order valence-corrected chi connectivity index (χ2v) is 2.19. The van der Waals surface area contributed by atoms with Crippen LogP contribution in [0.1, 0.15) is 40.0 Å². The minimum Gasteiger partial charge on any atom is -0.0923 e. The molecule has 0 aliphatic heterocycles. The predicted molar refractivity (Wildman–Crippen MR) is 52.9 cm³/mol. The van der Waals surface area contributed by atoms with E-state index in [2.05, 4.69) is 13.8 Å². The minimum atomic E-state index is 1.04. The first-order chi connectivity index (χ1) is 4.83. The van der Waals surface area contributed by atoms with Crippen LogP contribution < -0.4 is 0 Å². The zero-order chi connectivity index (χ0) is 8.24. The summed E-state index contributed by atoms with van der Waals surface area (Å²) in [4.78, 5) is 0. The maximum atomic E-state index is 4.96. The summed E-state index contributed by atoms with van der Waals surface area (Å²) in [6.45, 7) is 6.47. The molecule has 0 saturated heterocycles. The Labute approximate surface area is 69.0 Å². The summed E-state index contributed by atoms with van der Waals surface area (Å²) in [6.07, 6.45) is 5.11. The Morgan fingerprint density at radius 3 is 1.60 bits per heavy atom. The average Bonchev–Trinajstić information content (AvgIpc) is 1.93. The fraction of sp³-hybridized carbons (Fsp3) is 1.00. The van der Waals surface area contributed by atoms with E-state index >= 15 is 0 Å². The zero-order valence-corrected chi connectivity index (χ0v) is 7.56. The van der Waals surface area contributed by atoms with Gasteiger partial charge in [0.15, 0.2) is 0 Å². The van der Waals surface area contributed by atoms with Crippen LogP contribution in [0.4, 0.5) is 0 Å². The van der Waals surface area contributed by atoms with Gasteiger partial charge in [-0.15, -0.1) is 0 Å². The molecule has 0 aromatic carbocycles. The summed E-state index contributed by atoms with van der Waals surface area (Å²) in [5, 5.41) is 0. The lowest BCUT2D eigenvalue weighted by Crippen LogP contribution is -1.98. The van der Waals surface area contributed by atoms with Crippen LogP contribution in [0, 0.1) is 0 Å². The molecule has 0 saturated carbocycles. The Balaban J connectivity index is 0. The summed E-state index contributed by atoms with van der Waals surface area (Å²) in [6, 6.07) is 0. The van der Waals surface area contributed by atoms with Crippen molar-refractivity contribution in [1.82, 2.24) is 0 Å². The van der Waals surface area contributed by atoms with Gasteiger partial charge in [0.1, 0.15) is 0 Å². The predicted octanol–water partition coefficient (Wildman–Crippen LogP) is 2.03. The molecule has 0 heterocycles. The molecule has 54 valence electrons. The first kappa shape index (κ1) is 12.8. The van der Waals surface area contributed by atoms with Crippen molar-refractivity contribution in [2.45, 2.75) is 46.4 Å². The first-order valence-electron chi connectivity index (χ1n) is 4.20. The highest BCUT2D eigenvalue weighted by Crippen LogP contribution is 1.88. The van der Waals surface area contributed by atoms with Crippen molar-refractivity contribution in [1.29, 1.82) is 0 Å². The van der Waals surface area contributed by atoms with Gasteiger partial charge in [-0.2, -0.15) is 0 Å². The summed E-state index contributed by atoms with van der Waals surface area (Å²) < 4.78 is 0. The molecule has 0 rings (SSSR count). The second-order valence-electron chi connectivity index (χ2n) is 2.19. The van der Waals surface area contributed by atoms with Crippen LogP contribution in [0.3, 0.4) is 0 Å². The van der Waals surface area contributed by atoms with Crippen LogP contribution in [0.5, 0.6) is 0 Å². The van der Waals surface area contributed by atoms with Crippen molar-refractivity contribution in [3.63, 3.8) is 0 Å². The van der Waals surface area contributed by atoms with Gasteiger partial charge >= 0.3 is 0 Å². The maximum Gasteiger partial charge on any atom is 0.0541 e. The Morgan fingerprint density at radius 2 is 1.60 bits per heavy atom. The van der Waals surface area contributed by atoms with Gasteiger partial charge in [-0.1, -0.05) is 46.4 Å². The fourth-order valence-corrected chi connectivity index (χ4v) is 0.490. The van der Waals surface area contributed by atoms with Crippen LogP contribution in [-0.4, -0.2) is 22.0 Å². The molecular weight excluding hydrogens is 117 g/mol. The van der Waals surface area contributed by atoms with Crippen LogP contribution in [0.15, 0.2) is 0 Å². The number of rotatable bonds is 4. The third kappa shape index (κ3) is 24.1. The lowest BCUT2D eigenvalue weighted by Gasteiger charge is -1.79. The van der Waals surface area contributed by atoms with Crippen molar-refractivity contribution in [2.75, 3.05) is 0 Å². The molecule has 0 bridgehead atoms. The first-order valence-corrected chi connectivity index (χ1v) is 4.20. The molecule has 0 fully saturated rings. The molecule has 0 atom stereocenters. The third-order valence-electron chi connectivity index (χ3n) is 1.08. The van der Waals surface area contributed by atoms with Crippen molar-refractivity contribution < 1.29 is 0 Å². The van der Waals surface area contributed by atoms with E-state index in [1.165, 1.54) is 19.3 Å². The van der Waals surface area contributed by atoms with E-state index in [1.54, 1.807) is 7.06 Å². The normalized spacial score (nSPS) is 7.50. The van der Waals surface area contributed by atoms with Gasteiger partial charge in [0.05, 0.1) is 7.17 Å². The van der Waals surface area contributed by atoms with Gasteiger partial charge in [0.25, 0.3) is 0 Å². The van der Waals surface area contributed by atoms with Gasteiger partial charge in [-0.3, -0.25) is 0 Å². The van der Waals surface area contributed by atoms with E-state index in [1.807, 2.05) is 14.1 Å². The summed E-state index contributed by atoms with van der Waals surface area (Å²) in [7, 11) is 8.42. The molecular formula is C7H17B3. The maximum absolute atomic E-state index is 4.96. The lowest BCUT2D eigenvalue weighted by atomic mass is 9.27. The summed E-state index contributed by atoms with van der Waals surface area (Å²) in [5.41, 5.74) is 0. The molecule has 0 unspecified atom stereocenters. The van der Waals surface area contributed by atoms with Crippen LogP contribution in [0.2, 0.25) is 6.32 Å². The van der Waals surface area contributed by atoms with E-state index in [0.717, 1.165) is 6.32 Å². The highest BCUT2D eigenvalue weighted by atomic mass is 13.7. The van der Waals surface area contributed by atoms with E-state index in [-0.39, 0.29) is 0 Å². The summed E-state index contributed by atoms with van der Waals surface area (Å²) in [5.74, 6) is 0. The largest absolute Gasteiger partial charge is 0.0923 e. The molecule has 3 heteroatoms. The van der Waals surface area contributed by atoms with Crippen molar-refractivity contribution >= 4 is 22.0 Å². The molecule has 0 aromatic heterocycles. The molecule has 4 radical (unpaired) electrons. The average molecular weight is 134 g/mol. The standard InChI is InChI=1S/C5H12.C2H5B3/c1-3-5-4-2;1-2-4-5-3/h3-5H2,1-2H3;2H2,1H3. The van der Waals surface area contributed by atoms with Gasteiger partial charge in [-0.05, 0) is 0 Å². The van der Waals surface area contributed by atoms with Gasteiger partial charge < -0.3 is 0 Å². The second kappa shape index (κ2) is 16.1. The topological polar surface area (TPSA) is 0 Å². The van der Waals surface area contributed by atoms with Crippen molar-refractivity contribution in [3.8, 4) is 0 Å². The highest BCUT2D eigenvalue weighted by Gasteiger charge is 1.73. The molecule has 0 amide bonds. The van der Waals surface area contributed by atoms with Gasteiger partial charge in [0, 0.05) is 14.8 Å². The quantitative estimate of drug-likeness (QED) is 0.515. The van der Waals surface area contributed by atoms with Gasteiger partial charge in [-0.25, -0.2) is 0 Å². The van der Waals surface area contributed by atoms with E-state index in [0.29, 0.717) is 0 Å². The number of unbranched alkanes of at least 4 members (excludes halogenated alkanes) is 2. The van der Waals surface area contributed by atoms with E-state index < -0.39 is 0 Å². The molecule has 0 spiro atoms. The van der Waals surface area contributed by atoms with Crippen molar-refractivity contribution in [2.24, 2.45) is 0 Å². The third-order valence-corrected chi connectivity index (χ3v) is 1.08. The number of hydrogen-bond donors (Lipinski definition) is 0. The molecule has 0 N–H and O–H groups in total. The fourth-order valence-electron chi connectivity index (χ4n) is 0.490. The molecule has 0 aromatic rings.